The Morgan fingerprint density at radius 3 is 2.24 bits per heavy atom. The van der Waals surface area contributed by atoms with E-state index in [0.29, 0.717) is 32.0 Å². The molecule has 0 spiro atoms. The van der Waals surface area contributed by atoms with Crippen molar-refractivity contribution in [1.82, 2.24) is 39.3 Å². The second-order valence-corrected chi connectivity index (χ2v) is 21.2. The van der Waals surface area contributed by atoms with E-state index in [2.05, 4.69) is 38.6 Å². The van der Waals surface area contributed by atoms with Crippen molar-refractivity contribution < 1.29 is 47.0 Å². The average molecular weight is 1010 g/mol. The highest BCUT2D eigenvalue weighted by Gasteiger charge is 2.46. The van der Waals surface area contributed by atoms with Crippen molar-refractivity contribution in [3.05, 3.63) is 66.0 Å². The highest BCUT2D eigenvalue weighted by Crippen LogP contribution is 2.38. The van der Waals surface area contributed by atoms with Crippen LogP contribution in [-0.2, 0) is 29.2 Å². The summed E-state index contributed by atoms with van der Waals surface area (Å²) in [6.45, 7) is 4.19. The highest BCUT2D eigenvalue weighted by atomic mass is 32.2. The maximum atomic E-state index is 13.8. The Labute approximate surface area is 420 Å². The summed E-state index contributed by atoms with van der Waals surface area (Å²) in [6, 6.07) is 10.6. The number of unbranched alkanes of at least 4 members (excludes halogenated alkanes) is 8. The number of amides is 6. The Bertz CT molecular complexity index is 2730. The van der Waals surface area contributed by atoms with Crippen LogP contribution in [-0.4, -0.2) is 136 Å². The number of rotatable bonds is 23. The van der Waals surface area contributed by atoms with Gasteiger partial charge >= 0.3 is 0 Å². The van der Waals surface area contributed by atoms with Gasteiger partial charge in [0, 0.05) is 81.5 Å². The predicted molar refractivity (Wildman–Crippen MR) is 268 cm³/mol. The molecule has 5 heterocycles. The fourth-order valence-corrected chi connectivity index (χ4v) is 11.5. The molecule has 72 heavy (non-hydrogen) atoms. The van der Waals surface area contributed by atoms with Crippen LogP contribution in [0.4, 0.5) is 5.95 Å². The van der Waals surface area contributed by atoms with Crippen molar-refractivity contribution in [3.8, 4) is 16.9 Å². The monoisotopic (exact) mass is 1010 g/mol. The lowest BCUT2D eigenvalue weighted by Crippen LogP contribution is -2.54. The molecule has 1 saturated carbocycles. The number of carbonyl (C=O) groups excluding carboxylic acids is 6. The summed E-state index contributed by atoms with van der Waals surface area (Å²) in [6.07, 6.45) is 16.9. The van der Waals surface area contributed by atoms with Crippen molar-refractivity contribution in [1.29, 1.82) is 0 Å². The summed E-state index contributed by atoms with van der Waals surface area (Å²) in [5, 5.41) is 19.4. The molecule has 1 atom stereocenters. The largest absolute Gasteiger partial charge is 0.483 e. The Balaban J connectivity index is 0.696. The van der Waals surface area contributed by atoms with Gasteiger partial charge in [-0.25, -0.2) is 13.4 Å². The summed E-state index contributed by atoms with van der Waals surface area (Å²) in [4.78, 5) is 88.2. The van der Waals surface area contributed by atoms with E-state index < -0.39 is 39.7 Å². The van der Waals surface area contributed by atoms with Crippen molar-refractivity contribution >= 4 is 62.4 Å². The van der Waals surface area contributed by atoms with Crippen LogP contribution in [0, 0.1) is 0 Å². The summed E-state index contributed by atoms with van der Waals surface area (Å²) in [5.74, 6) is -2.18. The van der Waals surface area contributed by atoms with Crippen LogP contribution in [0.3, 0.4) is 0 Å². The second-order valence-electron chi connectivity index (χ2n) is 19.3. The molecule has 20 heteroatoms. The molecule has 3 aliphatic heterocycles. The lowest BCUT2D eigenvalue weighted by Gasteiger charge is -2.34. The van der Waals surface area contributed by atoms with Gasteiger partial charge in [-0.3, -0.25) is 39.0 Å². The molecule has 3 fully saturated rings. The Morgan fingerprint density at radius 1 is 0.819 bits per heavy atom. The summed E-state index contributed by atoms with van der Waals surface area (Å²) >= 11 is 0. The second kappa shape index (κ2) is 24.0. The van der Waals surface area contributed by atoms with E-state index >= 15 is 0 Å². The number of hydrogen-bond acceptors (Lipinski definition) is 13. The molecule has 2 saturated heterocycles. The molecule has 386 valence electrons. The zero-order valence-corrected chi connectivity index (χ0v) is 41.9. The van der Waals surface area contributed by atoms with Gasteiger partial charge in [-0.15, -0.1) is 0 Å². The third-order valence-corrected chi connectivity index (χ3v) is 16.2. The van der Waals surface area contributed by atoms with E-state index in [0.717, 1.165) is 123 Å². The maximum Gasteiger partial charge on any atom is 0.266 e. The Kier molecular flexibility index (Phi) is 17.3. The average Bonchev–Trinajstić information content (AvgIpc) is 3.88. The topological polar surface area (TPSA) is 243 Å². The van der Waals surface area contributed by atoms with E-state index in [9.17, 15) is 42.3 Å². The minimum Gasteiger partial charge on any atom is -0.483 e. The van der Waals surface area contributed by atoms with E-state index in [1.807, 2.05) is 18.3 Å². The number of hydrogen-bond donors (Lipinski definition) is 4. The minimum atomic E-state index is -3.78. The third-order valence-electron chi connectivity index (χ3n) is 14.3. The van der Waals surface area contributed by atoms with Crippen LogP contribution in [0.2, 0.25) is 0 Å². The number of sulfonamides is 1. The molecule has 6 amide bonds. The number of aromatic nitrogens is 3. The normalized spacial score (nSPS) is 19.7. The van der Waals surface area contributed by atoms with Crippen LogP contribution < -0.4 is 20.7 Å². The molecule has 1 aliphatic carbocycles. The van der Waals surface area contributed by atoms with Gasteiger partial charge in [-0.1, -0.05) is 70.1 Å². The van der Waals surface area contributed by atoms with E-state index in [1.54, 1.807) is 23.1 Å². The number of carbonyl (C=O) groups is 6. The van der Waals surface area contributed by atoms with Crippen molar-refractivity contribution in [2.45, 2.75) is 139 Å². The van der Waals surface area contributed by atoms with Gasteiger partial charge in [-0.05, 0) is 81.2 Å². The minimum absolute atomic E-state index is 0.00734. The third kappa shape index (κ3) is 12.1. The van der Waals surface area contributed by atoms with Crippen molar-refractivity contribution in [3.63, 3.8) is 0 Å². The molecule has 1 unspecified atom stereocenters. The number of aliphatic hydroxyl groups excluding tert-OH is 1. The molecule has 19 nitrogen and oxygen atoms in total. The fraction of sp³-hybridized carbons (Fsp3) is 0.538. The number of benzene rings is 2. The molecule has 4 aliphatic rings. The number of ether oxygens (including phenoxy) is 1. The lowest BCUT2D eigenvalue weighted by molar-refractivity contribution is -0.136. The van der Waals surface area contributed by atoms with Crippen LogP contribution in [0.5, 0.6) is 5.75 Å². The summed E-state index contributed by atoms with van der Waals surface area (Å²) in [7, 11) is -3.78. The molecular weight excluding hydrogens is 943 g/mol. The SMILES string of the molecule is CCCCNc1ncc2c(-c3ccc(S(=O)(=O)N4CCN(C(=O)CCCCCCCCCCNC(=O)COc5cccc6c5C(=O)N(C5CCC(=O)NC5=O)C6=O)CC4)cc3)cn(C3CCC(O)CC3)c2n1. The summed E-state index contributed by atoms with van der Waals surface area (Å²) < 4.78 is 36.9. The van der Waals surface area contributed by atoms with Crippen LogP contribution in [0.25, 0.3) is 22.2 Å². The first kappa shape index (κ1) is 52.1. The van der Waals surface area contributed by atoms with Gasteiger partial charge in [0.15, 0.2) is 6.61 Å². The Morgan fingerprint density at radius 2 is 1.53 bits per heavy atom. The van der Waals surface area contributed by atoms with Gasteiger partial charge in [0.2, 0.25) is 33.7 Å². The van der Waals surface area contributed by atoms with Gasteiger partial charge < -0.3 is 29.9 Å². The standard InChI is InChI=1S/C52H67N9O10S/c1-2-3-26-54-52-55-32-40-41(33-60(48(40)57-52)36-18-20-37(62)21-19-36)35-16-22-38(23-17-35)72(69,70)59-30-28-58(29-31-59)46(65)15-10-8-6-4-5-7-9-11-27-53-45(64)34-71-43-14-12-13-39-47(43)51(68)61(50(39)67)42-24-25-44(63)56-49(42)66/h12-14,16-17,22-23,32-33,36-37,42,62H,2-11,15,18-21,24-31,34H2,1H3,(H,53,64)(H,54,55,57)(H,56,63,66). The van der Waals surface area contributed by atoms with Gasteiger partial charge in [-0.2, -0.15) is 9.29 Å². The molecule has 0 radical (unpaired) electrons. The number of nitrogens with zero attached hydrogens (tertiary/aromatic N) is 6. The predicted octanol–water partition coefficient (Wildman–Crippen LogP) is 5.73. The molecule has 4 N–H and O–H groups in total. The van der Waals surface area contributed by atoms with Gasteiger partial charge in [0.25, 0.3) is 17.7 Å². The van der Waals surface area contributed by atoms with E-state index in [1.165, 1.54) is 16.4 Å². The smallest absolute Gasteiger partial charge is 0.266 e. The molecule has 8 rings (SSSR count). The fourth-order valence-electron chi connectivity index (χ4n) is 10.1. The zero-order chi connectivity index (χ0) is 50.8. The number of piperidine rings is 1. The number of piperazine rings is 1. The number of fused-ring (bicyclic) bond motifs is 2. The molecule has 0 bridgehead atoms. The number of nitrogens with one attached hydrogen (secondary N) is 3. The van der Waals surface area contributed by atoms with E-state index in [4.69, 9.17) is 9.72 Å². The first-order valence-electron chi connectivity index (χ1n) is 25.8. The maximum absolute atomic E-state index is 13.8. The molecule has 4 aromatic rings. The lowest BCUT2D eigenvalue weighted by atomic mass is 9.93. The Hall–Kier alpha value is -6.25. The molecular formula is C52H67N9O10S. The number of anilines is 1. The highest BCUT2D eigenvalue weighted by molar-refractivity contribution is 7.89. The number of imide groups is 2. The van der Waals surface area contributed by atoms with Crippen LogP contribution >= 0.6 is 0 Å². The van der Waals surface area contributed by atoms with Crippen molar-refractivity contribution in [2.24, 2.45) is 0 Å². The first-order chi connectivity index (χ1) is 34.8. The summed E-state index contributed by atoms with van der Waals surface area (Å²) in [5.41, 5.74) is 2.68. The quantitative estimate of drug-likeness (QED) is 0.0514. The first-order valence-corrected chi connectivity index (χ1v) is 27.2. The molecule has 2 aromatic carbocycles. The van der Waals surface area contributed by atoms with E-state index in [-0.39, 0.29) is 78.3 Å². The number of aliphatic hydroxyl groups is 1. The molecule has 2 aromatic heterocycles. The zero-order valence-electron chi connectivity index (χ0n) is 41.1. The van der Waals surface area contributed by atoms with Crippen LogP contribution in [0.15, 0.2) is 59.8 Å². The van der Waals surface area contributed by atoms with Gasteiger partial charge in [0.05, 0.1) is 22.1 Å². The van der Waals surface area contributed by atoms with Crippen LogP contribution in [0.1, 0.15) is 143 Å². The van der Waals surface area contributed by atoms with Gasteiger partial charge in [0.1, 0.15) is 17.4 Å². The van der Waals surface area contributed by atoms with Crippen molar-refractivity contribution in [2.75, 3.05) is 51.2 Å².